The van der Waals surface area contributed by atoms with Gasteiger partial charge in [0.15, 0.2) is 11.6 Å². The number of hydrogen-bond donors (Lipinski definition) is 0. The van der Waals surface area contributed by atoms with Crippen molar-refractivity contribution < 1.29 is 0 Å². The van der Waals surface area contributed by atoms with Crippen LogP contribution < -0.4 is 0 Å². The molecule has 15 aromatic carbocycles. The topological polar surface area (TPSA) is 97.1 Å². The Morgan fingerprint density at radius 1 is 0.170 bits per heavy atom. The second kappa shape index (κ2) is 26.3. The summed E-state index contributed by atoms with van der Waals surface area (Å²) in [5.74, 6) is 1.91. The van der Waals surface area contributed by atoms with E-state index >= 15 is 0 Å². The molecule has 0 N–H and O–H groups in total. The molecule has 0 saturated heterocycles. The fourth-order valence-electron chi connectivity index (χ4n) is 16.7. The Labute approximate surface area is 644 Å². The summed E-state index contributed by atoms with van der Waals surface area (Å²) in [6, 6.07) is 138. The molecule has 0 atom stereocenters. The minimum atomic E-state index is 0.607. The lowest BCUT2D eigenvalue weighted by atomic mass is 10.0. The molecule has 0 fully saturated rings. The summed E-state index contributed by atoms with van der Waals surface area (Å²) in [5.41, 5.74) is 28.9. The van der Waals surface area contributed by atoms with E-state index in [1.54, 1.807) is 0 Å². The van der Waals surface area contributed by atoms with E-state index in [9.17, 15) is 0 Å². The van der Waals surface area contributed by atoms with E-state index in [0.717, 1.165) is 194 Å². The quantitative estimate of drug-likeness (QED) is 0.114. The van der Waals surface area contributed by atoms with E-state index in [4.69, 9.17) is 29.9 Å². The summed E-state index contributed by atoms with van der Waals surface area (Å²) in [6.07, 6.45) is 0. The van der Waals surface area contributed by atoms with Crippen LogP contribution in [0, 0.1) is 0 Å². The second-order valence-corrected chi connectivity index (χ2v) is 28.6. The van der Waals surface area contributed by atoms with E-state index in [0.29, 0.717) is 17.6 Å². The Morgan fingerprint density at radius 3 is 1.02 bits per heavy atom. The number of para-hydroxylation sites is 3. The van der Waals surface area contributed by atoms with Crippen molar-refractivity contribution in [2.24, 2.45) is 0 Å². The Hall–Kier alpha value is -15.3. The molecule has 0 amide bonds. The normalized spacial score (nSPS) is 11.8. The van der Waals surface area contributed by atoms with E-state index in [2.05, 4.69) is 388 Å². The molecule has 0 saturated carbocycles. The lowest BCUT2D eigenvalue weighted by Crippen LogP contribution is -2.03. The third-order valence-electron chi connectivity index (χ3n) is 22.0. The van der Waals surface area contributed by atoms with Gasteiger partial charge in [0.05, 0.1) is 66.9 Å². The van der Waals surface area contributed by atoms with Crippen LogP contribution >= 0.6 is 0 Å². The largest absolute Gasteiger partial charge is 0.309 e. The van der Waals surface area contributed by atoms with Crippen molar-refractivity contribution in [1.82, 2.24) is 48.2 Å². The van der Waals surface area contributed by atoms with Gasteiger partial charge in [-0.3, -0.25) is 4.57 Å². The summed E-state index contributed by atoms with van der Waals surface area (Å²) in [4.78, 5) is 33.0. The number of aromatic nitrogens is 10. The number of hydrogen-bond acceptors (Lipinski definition) is 6. The maximum Gasteiger partial charge on any atom is 0.235 e. The summed E-state index contributed by atoms with van der Waals surface area (Å²) < 4.78 is 9.30. The molecule has 10 nitrogen and oxygen atoms in total. The SMILES string of the molecule is c1ccc(-c2ccc3c(c2)c2nc(-c4ccc5c(c4)c4ccc(-c6ccc(-n7c8ccc(-c9ccc%10c(c9)c9ccccc9n%10-c9nc(-c%10ccccc%10)cc(-c%10ccccc%10)n9)cc8c8nc(-c9ccccc9)nc(-c9ccccc9)c87)cc6)cc4n5-c4ccccc4)nc(-c4ccccc4)c2n3-c2ccccc2)cc1. The monoisotopic (exact) mass is 1430 g/mol. The predicted octanol–water partition coefficient (Wildman–Crippen LogP) is 25.4. The van der Waals surface area contributed by atoms with Crippen molar-refractivity contribution >= 4 is 87.5 Å². The van der Waals surface area contributed by atoms with Crippen LogP contribution in [0.1, 0.15) is 0 Å². The van der Waals surface area contributed by atoms with Crippen molar-refractivity contribution in [3.8, 4) is 124 Å². The van der Waals surface area contributed by atoms with Gasteiger partial charge < -0.3 is 13.7 Å². The zero-order valence-corrected chi connectivity index (χ0v) is 60.4. The highest BCUT2D eigenvalue weighted by Crippen LogP contribution is 2.45. The van der Waals surface area contributed by atoms with Gasteiger partial charge in [-0.2, -0.15) is 0 Å². The van der Waals surface area contributed by atoms with Crippen molar-refractivity contribution in [2.75, 3.05) is 0 Å². The summed E-state index contributed by atoms with van der Waals surface area (Å²) in [6.45, 7) is 0. The van der Waals surface area contributed by atoms with Crippen LogP contribution in [0.25, 0.3) is 212 Å². The number of benzene rings is 15. The first-order chi connectivity index (χ1) is 55.5. The van der Waals surface area contributed by atoms with Crippen molar-refractivity contribution in [1.29, 1.82) is 0 Å². The molecule has 0 aliphatic carbocycles. The number of fused-ring (bicyclic) bond motifs is 12. The Bertz CT molecular complexity index is 7370. The van der Waals surface area contributed by atoms with Crippen LogP contribution in [0.3, 0.4) is 0 Å². The molecule has 0 unspecified atom stereocenters. The van der Waals surface area contributed by atoms with Gasteiger partial charge in [0.2, 0.25) is 5.95 Å². The maximum absolute atomic E-state index is 5.65. The average molecular weight is 1430 g/mol. The molecule has 0 aliphatic heterocycles. The molecule has 0 spiro atoms. The highest BCUT2D eigenvalue weighted by molar-refractivity contribution is 6.16. The van der Waals surface area contributed by atoms with Crippen molar-refractivity contribution in [3.63, 3.8) is 0 Å². The van der Waals surface area contributed by atoms with Crippen LogP contribution in [0.15, 0.2) is 388 Å². The molecule has 112 heavy (non-hydrogen) atoms. The molecule has 0 bridgehead atoms. The predicted molar refractivity (Wildman–Crippen MR) is 459 cm³/mol. The first-order valence-electron chi connectivity index (χ1n) is 37.8. The highest BCUT2D eigenvalue weighted by atomic mass is 15.2. The smallest absolute Gasteiger partial charge is 0.235 e. The lowest BCUT2D eigenvalue weighted by Gasteiger charge is -2.13. The van der Waals surface area contributed by atoms with Crippen LogP contribution in [0.4, 0.5) is 0 Å². The molecule has 10 heteroatoms. The molecular formula is C102H64N10. The van der Waals surface area contributed by atoms with E-state index < -0.39 is 0 Å². The molecule has 7 aromatic heterocycles. The Kier molecular flexibility index (Phi) is 15.0. The van der Waals surface area contributed by atoms with Crippen molar-refractivity contribution in [2.45, 2.75) is 0 Å². The third-order valence-corrected chi connectivity index (χ3v) is 22.0. The van der Waals surface area contributed by atoms with Gasteiger partial charge in [-0.05, 0) is 143 Å². The van der Waals surface area contributed by atoms with Gasteiger partial charge in [-0.1, -0.05) is 279 Å². The summed E-state index contributed by atoms with van der Waals surface area (Å²) in [5, 5.41) is 6.49. The standard InChI is InChI=1S/C102H64N10/c1-9-27-65(28-10-1)72-48-56-91-84(60-72)97-98(110(91)78-41-23-8-24-42-78)95(70-35-17-5-18-36-70)106-101(108-97)76-51-58-89-83(62-76)81-54-47-75(63-93(81)109(89)77-39-21-7-22-40-77)66-45-52-79(53-46-66)111-92-57-50-74(61-85(92)96-99(111)94(69-33-15-4-16-34-69)105-100(107-96)71-37-19-6-20-38-71)73-49-55-90-82(59-73)80-43-25-26-44-88(80)112(90)102-103-86(67-29-11-2-12-30-67)64-87(104-102)68-31-13-3-14-32-68/h1-64H. The number of nitrogens with zero attached hydrogens (tertiary/aromatic N) is 10. The van der Waals surface area contributed by atoms with Crippen LogP contribution in [0.2, 0.25) is 0 Å². The molecular weight excluding hydrogens is 1370 g/mol. The van der Waals surface area contributed by atoms with Crippen LogP contribution in [-0.4, -0.2) is 48.2 Å². The molecule has 522 valence electrons. The molecule has 22 aromatic rings. The third kappa shape index (κ3) is 10.7. The average Bonchev–Trinajstić information content (AvgIpc) is 1.57. The zero-order valence-electron chi connectivity index (χ0n) is 60.4. The van der Waals surface area contributed by atoms with Gasteiger partial charge in [0.25, 0.3) is 0 Å². The molecule has 7 heterocycles. The van der Waals surface area contributed by atoms with Gasteiger partial charge in [0.1, 0.15) is 11.0 Å². The Balaban J connectivity index is 0.684. The minimum Gasteiger partial charge on any atom is -0.309 e. The van der Waals surface area contributed by atoms with E-state index in [1.165, 1.54) is 0 Å². The highest BCUT2D eigenvalue weighted by Gasteiger charge is 2.27. The van der Waals surface area contributed by atoms with E-state index in [1.807, 2.05) is 18.2 Å². The van der Waals surface area contributed by atoms with E-state index in [-0.39, 0.29) is 0 Å². The van der Waals surface area contributed by atoms with Gasteiger partial charge in [-0.25, -0.2) is 29.9 Å². The first-order valence-corrected chi connectivity index (χ1v) is 37.8. The number of rotatable bonds is 13. The minimum absolute atomic E-state index is 0.607. The van der Waals surface area contributed by atoms with Crippen molar-refractivity contribution in [3.05, 3.63) is 388 Å². The maximum atomic E-state index is 5.65. The second-order valence-electron chi connectivity index (χ2n) is 28.6. The fourth-order valence-corrected chi connectivity index (χ4v) is 16.7. The van der Waals surface area contributed by atoms with Gasteiger partial charge in [-0.15, -0.1) is 0 Å². The van der Waals surface area contributed by atoms with Gasteiger partial charge >= 0.3 is 0 Å². The van der Waals surface area contributed by atoms with Crippen LogP contribution in [-0.2, 0) is 0 Å². The summed E-state index contributed by atoms with van der Waals surface area (Å²) in [7, 11) is 0. The molecule has 0 radical (unpaired) electrons. The summed E-state index contributed by atoms with van der Waals surface area (Å²) >= 11 is 0. The van der Waals surface area contributed by atoms with Gasteiger partial charge in [0, 0.05) is 82.8 Å². The zero-order chi connectivity index (χ0) is 73.7. The molecule has 22 rings (SSSR count). The van der Waals surface area contributed by atoms with Crippen LogP contribution in [0.5, 0.6) is 0 Å². The Morgan fingerprint density at radius 2 is 0.500 bits per heavy atom. The molecule has 0 aliphatic rings. The first kappa shape index (κ1) is 64.0. The fraction of sp³-hybridized carbons (Fsp3) is 0. The lowest BCUT2D eigenvalue weighted by molar-refractivity contribution is 0.995.